The molecule has 0 aliphatic carbocycles. The monoisotopic (exact) mass is 194 g/mol. The van der Waals surface area contributed by atoms with Crippen LogP contribution in [0.15, 0.2) is 12.4 Å². The molecule has 0 radical (unpaired) electrons. The Morgan fingerprint density at radius 3 is 3.21 bits per heavy atom. The van der Waals surface area contributed by atoms with Crippen LogP contribution in [0.4, 0.5) is 0 Å². The van der Waals surface area contributed by atoms with E-state index in [-0.39, 0.29) is 6.10 Å². The molecule has 0 bridgehead atoms. The first kappa shape index (κ1) is 9.40. The van der Waals surface area contributed by atoms with Gasteiger partial charge in [-0.15, -0.1) is 0 Å². The zero-order valence-corrected chi connectivity index (χ0v) is 8.06. The first-order valence-electron chi connectivity index (χ1n) is 4.98. The van der Waals surface area contributed by atoms with Crippen molar-refractivity contribution in [2.24, 2.45) is 0 Å². The number of aldehydes is 1. The Hall–Kier alpha value is -1.16. The van der Waals surface area contributed by atoms with Gasteiger partial charge < -0.3 is 4.74 Å². The third-order valence-corrected chi connectivity index (χ3v) is 2.45. The van der Waals surface area contributed by atoms with Crippen molar-refractivity contribution in [3.8, 4) is 0 Å². The molecular formula is C10H14N2O2. The molecule has 0 amide bonds. The fraction of sp³-hybridized carbons (Fsp3) is 0.600. The van der Waals surface area contributed by atoms with E-state index >= 15 is 0 Å². The van der Waals surface area contributed by atoms with Crippen molar-refractivity contribution < 1.29 is 9.53 Å². The second-order valence-corrected chi connectivity index (χ2v) is 3.60. The predicted molar refractivity (Wildman–Crippen MR) is 51.2 cm³/mol. The maximum Gasteiger partial charge on any atom is 0.153 e. The molecule has 1 fully saturated rings. The number of hydrogen-bond acceptors (Lipinski definition) is 3. The van der Waals surface area contributed by atoms with Gasteiger partial charge in [-0.1, -0.05) is 0 Å². The second-order valence-electron chi connectivity index (χ2n) is 3.60. The van der Waals surface area contributed by atoms with Crippen LogP contribution in [0.3, 0.4) is 0 Å². The number of carbonyl (C=O) groups is 1. The van der Waals surface area contributed by atoms with E-state index in [0.29, 0.717) is 5.56 Å². The number of rotatable bonds is 3. The van der Waals surface area contributed by atoms with Gasteiger partial charge in [0.05, 0.1) is 24.4 Å². The first-order chi connectivity index (χ1) is 6.88. The van der Waals surface area contributed by atoms with Crippen molar-refractivity contribution in [1.29, 1.82) is 0 Å². The van der Waals surface area contributed by atoms with Gasteiger partial charge in [-0.2, -0.15) is 5.10 Å². The minimum Gasteiger partial charge on any atom is -0.376 e. The maximum absolute atomic E-state index is 10.4. The van der Waals surface area contributed by atoms with E-state index in [4.69, 9.17) is 4.74 Å². The smallest absolute Gasteiger partial charge is 0.153 e. The Balaban J connectivity index is 1.92. The second kappa shape index (κ2) is 4.37. The van der Waals surface area contributed by atoms with Crippen molar-refractivity contribution in [3.05, 3.63) is 18.0 Å². The minimum absolute atomic E-state index is 0.267. The van der Waals surface area contributed by atoms with E-state index in [1.54, 1.807) is 17.1 Å². The van der Waals surface area contributed by atoms with Crippen LogP contribution in [0, 0.1) is 0 Å². The Bertz CT molecular complexity index is 303. The molecule has 1 aliphatic rings. The highest BCUT2D eigenvalue weighted by Crippen LogP contribution is 2.14. The highest BCUT2D eigenvalue weighted by molar-refractivity contribution is 5.73. The first-order valence-corrected chi connectivity index (χ1v) is 4.98. The largest absolute Gasteiger partial charge is 0.376 e. The molecule has 1 saturated heterocycles. The fourth-order valence-electron chi connectivity index (χ4n) is 1.70. The zero-order chi connectivity index (χ0) is 9.80. The van der Waals surface area contributed by atoms with Crippen LogP contribution in [-0.4, -0.2) is 28.8 Å². The summed E-state index contributed by atoms with van der Waals surface area (Å²) in [6.07, 6.45) is 7.90. The van der Waals surface area contributed by atoms with Crippen LogP contribution in [0.1, 0.15) is 29.6 Å². The summed E-state index contributed by atoms with van der Waals surface area (Å²) in [5, 5.41) is 4.09. The molecule has 0 N–H and O–H groups in total. The molecule has 1 aromatic heterocycles. The van der Waals surface area contributed by atoms with Gasteiger partial charge >= 0.3 is 0 Å². The molecule has 4 heteroatoms. The van der Waals surface area contributed by atoms with Gasteiger partial charge in [-0.05, 0) is 19.3 Å². The van der Waals surface area contributed by atoms with Gasteiger partial charge in [0.15, 0.2) is 6.29 Å². The van der Waals surface area contributed by atoms with E-state index in [1.165, 1.54) is 6.42 Å². The summed E-state index contributed by atoms with van der Waals surface area (Å²) < 4.78 is 7.35. The topological polar surface area (TPSA) is 44.1 Å². The van der Waals surface area contributed by atoms with Crippen molar-refractivity contribution in [2.45, 2.75) is 31.9 Å². The summed E-state index contributed by atoms with van der Waals surface area (Å²) >= 11 is 0. The van der Waals surface area contributed by atoms with Crippen molar-refractivity contribution in [2.75, 3.05) is 6.61 Å². The summed E-state index contributed by atoms with van der Waals surface area (Å²) in [4.78, 5) is 10.4. The van der Waals surface area contributed by atoms with Crippen molar-refractivity contribution in [1.82, 2.24) is 9.78 Å². The molecule has 0 saturated carbocycles. The molecule has 2 rings (SSSR count). The molecule has 0 spiro atoms. The molecular weight excluding hydrogens is 180 g/mol. The van der Waals surface area contributed by atoms with Crippen LogP contribution in [-0.2, 0) is 11.3 Å². The third-order valence-electron chi connectivity index (χ3n) is 2.45. The van der Waals surface area contributed by atoms with Gasteiger partial charge in [0.25, 0.3) is 0 Å². The Kier molecular flexibility index (Phi) is 2.93. The summed E-state index contributed by atoms with van der Waals surface area (Å²) in [6, 6.07) is 0. The lowest BCUT2D eigenvalue weighted by molar-refractivity contribution is 0.00398. The Morgan fingerprint density at radius 2 is 2.57 bits per heavy atom. The van der Waals surface area contributed by atoms with Crippen LogP contribution in [0.25, 0.3) is 0 Å². The fourth-order valence-corrected chi connectivity index (χ4v) is 1.70. The maximum atomic E-state index is 10.4. The predicted octanol–water partition coefficient (Wildman–Crippen LogP) is 1.26. The molecule has 0 aromatic carbocycles. The molecule has 4 nitrogen and oxygen atoms in total. The molecule has 1 aromatic rings. The van der Waals surface area contributed by atoms with E-state index in [2.05, 4.69) is 5.10 Å². The van der Waals surface area contributed by atoms with Crippen LogP contribution in [0.5, 0.6) is 0 Å². The Labute approximate surface area is 82.9 Å². The van der Waals surface area contributed by atoms with Gasteiger partial charge in [0.1, 0.15) is 0 Å². The van der Waals surface area contributed by atoms with Gasteiger partial charge in [0, 0.05) is 12.8 Å². The molecule has 14 heavy (non-hydrogen) atoms. The van der Waals surface area contributed by atoms with E-state index in [1.807, 2.05) is 0 Å². The van der Waals surface area contributed by atoms with E-state index in [9.17, 15) is 4.79 Å². The normalized spacial score (nSPS) is 22.1. The summed E-state index contributed by atoms with van der Waals surface area (Å²) in [7, 11) is 0. The van der Waals surface area contributed by atoms with Gasteiger partial charge in [0.2, 0.25) is 0 Å². The van der Waals surface area contributed by atoms with Crippen LogP contribution >= 0.6 is 0 Å². The van der Waals surface area contributed by atoms with Gasteiger partial charge in [-0.3, -0.25) is 9.48 Å². The van der Waals surface area contributed by atoms with E-state index in [0.717, 1.165) is 32.3 Å². The zero-order valence-electron chi connectivity index (χ0n) is 8.06. The van der Waals surface area contributed by atoms with Crippen molar-refractivity contribution >= 4 is 6.29 Å². The SMILES string of the molecule is O=Cc1cnn(C[C@@H]2CCCCO2)c1. The summed E-state index contributed by atoms with van der Waals surface area (Å²) in [5.74, 6) is 0. The van der Waals surface area contributed by atoms with Crippen molar-refractivity contribution in [3.63, 3.8) is 0 Å². The van der Waals surface area contributed by atoms with Crippen LogP contribution < -0.4 is 0 Å². The standard InChI is InChI=1S/C10H14N2O2/c13-8-9-5-11-12(6-9)7-10-3-1-2-4-14-10/h5-6,8,10H,1-4,7H2/t10-/m0/s1. The number of hydrogen-bond donors (Lipinski definition) is 0. The average molecular weight is 194 g/mol. The quantitative estimate of drug-likeness (QED) is 0.680. The third kappa shape index (κ3) is 2.20. The average Bonchev–Trinajstić information content (AvgIpc) is 2.67. The molecule has 2 heterocycles. The molecule has 0 unspecified atom stereocenters. The highest BCUT2D eigenvalue weighted by Gasteiger charge is 2.14. The summed E-state index contributed by atoms with van der Waals surface area (Å²) in [6.45, 7) is 1.61. The Morgan fingerprint density at radius 1 is 1.64 bits per heavy atom. The lowest BCUT2D eigenvalue weighted by atomic mass is 10.1. The number of aromatic nitrogens is 2. The number of nitrogens with zero attached hydrogens (tertiary/aromatic N) is 2. The number of ether oxygens (including phenoxy) is 1. The number of carbonyl (C=O) groups excluding carboxylic acids is 1. The molecule has 1 atom stereocenters. The molecule has 76 valence electrons. The lowest BCUT2D eigenvalue weighted by Crippen LogP contribution is -2.24. The van der Waals surface area contributed by atoms with Crippen LogP contribution in [0.2, 0.25) is 0 Å². The van der Waals surface area contributed by atoms with Gasteiger partial charge in [-0.25, -0.2) is 0 Å². The highest BCUT2D eigenvalue weighted by atomic mass is 16.5. The lowest BCUT2D eigenvalue weighted by Gasteiger charge is -2.22. The van der Waals surface area contributed by atoms with E-state index < -0.39 is 0 Å². The minimum atomic E-state index is 0.267. The molecule has 1 aliphatic heterocycles. The summed E-state index contributed by atoms with van der Waals surface area (Å²) in [5.41, 5.74) is 0.626.